The normalized spacial score (nSPS) is 32.0. The molecule has 92 valence electrons. The lowest BCUT2D eigenvalue weighted by Crippen LogP contribution is -2.54. The van der Waals surface area contributed by atoms with E-state index in [1.54, 1.807) is 0 Å². The van der Waals surface area contributed by atoms with Gasteiger partial charge in [0.2, 0.25) is 5.91 Å². The molecule has 2 rings (SSSR count). The average Bonchev–Trinajstić information content (AvgIpc) is 2.36. The molecule has 3 nitrogen and oxygen atoms in total. The number of amides is 1. The van der Waals surface area contributed by atoms with Gasteiger partial charge in [-0.15, -0.1) is 0 Å². The number of hydrogen-bond acceptors (Lipinski definition) is 2. The molecule has 1 heterocycles. The molecule has 3 unspecified atom stereocenters. The van der Waals surface area contributed by atoms with Crippen LogP contribution in [0.2, 0.25) is 0 Å². The molecule has 16 heavy (non-hydrogen) atoms. The summed E-state index contributed by atoms with van der Waals surface area (Å²) in [5.74, 6) is 0.953. The number of likely N-dealkylation sites (tertiary alicyclic amines) is 1. The molecular weight excluding hydrogens is 200 g/mol. The van der Waals surface area contributed by atoms with E-state index in [1.807, 2.05) is 6.92 Å². The Hall–Kier alpha value is -0.570. The third kappa shape index (κ3) is 2.24. The highest BCUT2D eigenvalue weighted by Crippen LogP contribution is 2.35. The maximum Gasteiger partial charge on any atom is 0.239 e. The van der Waals surface area contributed by atoms with Gasteiger partial charge < -0.3 is 10.6 Å². The summed E-state index contributed by atoms with van der Waals surface area (Å²) >= 11 is 0. The number of carbonyl (C=O) groups is 1. The van der Waals surface area contributed by atoms with E-state index in [2.05, 4.69) is 4.90 Å². The van der Waals surface area contributed by atoms with Crippen LogP contribution in [0, 0.1) is 5.92 Å². The summed E-state index contributed by atoms with van der Waals surface area (Å²) in [6, 6.07) is 0.230. The van der Waals surface area contributed by atoms with Crippen LogP contribution in [0.3, 0.4) is 0 Å². The number of fused-ring (bicyclic) bond motifs is 1. The fourth-order valence-corrected chi connectivity index (χ4v) is 3.29. The smallest absolute Gasteiger partial charge is 0.239 e. The van der Waals surface area contributed by atoms with Crippen molar-refractivity contribution in [3.05, 3.63) is 0 Å². The second-order valence-corrected chi connectivity index (χ2v) is 5.30. The number of carbonyl (C=O) groups excluding carboxylic acids is 1. The van der Waals surface area contributed by atoms with E-state index in [-0.39, 0.29) is 11.9 Å². The van der Waals surface area contributed by atoms with Crippen molar-refractivity contribution in [1.29, 1.82) is 0 Å². The van der Waals surface area contributed by atoms with Crippen molar-refractivity contribution in [3.63, 3.8) is 0 Å². The van der Waals surface area contributed by atoms with Crippen molar-refractivity contribution in [3.8, 4) is 0 Å². The van der Waals surface area contributed by atoms with Gasteiger partial charge in [0.15, 0.2) is 0 Å². The van der Waals surface area contributed by atoms with E-state index in [4.69, 9.17) is 5.73 Å². The maximum absolute atomic E-state index is 12.2. The molecule has 0 radical (unpaired) electrons. The van der Waals surface area contributed by atoms with Gasteiger partial charge in [-0.25, -0.2) is 0 Å². The molecule has 1 saturated heterocycles. The van der Waals surface area contributed by atoms with Gasteiger partial charge in [0, 0.05) is 12.6 Å². The minimum absolute atomic E-state index is 0.194. The van der Waals surface area contributed by atoms with E-state index < -0.39 is 0 Å². The molecule has 1 saturated carbocycles. The number of nitrogens with two attached hydrogens (primary N) is 1. The van der Waals surface area contributed by atoms with Gasteiger partial charge in [-0.3, -0.25) is 4.79 Å². The van der Waals surface area contributed by atoms with Crippen molar-refractivity contribution in [2.45, 2.75) is 64.0 Å². The van der Waals surface area contributed by atoms with Gasteiger partial charge in [-0.2, -0.15) is 0 Å². The summed E-state index contributed by atoms with van der Waals surface area (Å²) < 4.78 is 0. The van der Waals surface area contributed by atoms with Crippen molar-refractivity contribution >= 4 is 5.91 Å². The molecule has 0 bridgehead atoms. The molecule has 0 aromatic carbocycles. The first-order valence-corrected chi connectivity index (χ1v) is 6.80. The molecule has 2 fully saturated rings. The van der Waals surface area contributed by atoms with E-state index in [1.165, 1.54) is 38.5 Å². The molecule has 1 aliphatic heterocycles. The summed E-state index contributed by atoms with van der Waals surface area (Å²) in [7, 11) is 0. The number of hydrogen-bond donors (Lipinski definition) is 1. The Morgan fingerprint density at radius 1 is 1.31 bits per heavy atom. The second-order valence-electron chi connectivity index (χ2n) is 5.30. The van der Waals surface area contributed by atoms with Crippen LogP contribution in [0.25, 0.3) is 0 Å². The number of rotatable bonds is 2. The Kier molecular flexibility index (Phi) is 3.85. The Morgan fingerprint density at radius 2 is 2.00 bits per heavy atom. The van der Waals surface area contributed by atoms with Gasteiger partial charge >= 0.3 is 0 Å². The summed E-state index contributed by atoms with van der Waals surface area (Å²) in [6.45, 7) is 2.93. The topological polar surface area (TPSA) is 46.3 Å². The number of nitrogens with zero attached hydrogens (tertiary/aromatic N) is 1. The first-order chi connectivity index (χ1) is 7.74. The molecule has 2 aliphatic rings. The van der Waals surface area contributed by atoms with Crippen LogP contribution in [0.4, 0.5) is 0 Å². The van der Waals surface area contributed by atoms with Crippen molar-refractivity contribution in [1.82, 2.24) is 4.90 Å². The Balaban J connectivity index is 2.04. The van der Waals surface area contributed by atoms with Gasteiger partial charge in [0.25, 0.3) is 0 Å². The van der Waals surface area contributed by atoms with E-state index >= 15 is 0 Å². The van der Waals surface area contributed by atoms with E-state index in [9.17, 15) is 4.79 Å². The van der Waals surface area contributed by atoms with Crippen LogP contribution in [0.15, 0.2) is 0 Å². The molecule has 0 spiro atoms. The molecule has 2 N–H and O–H groups in total. The fraction of sp³-hybridized carbons (Fsp3) is 0.923. The highest BCUT2D eigenvalue weighted by atomic mass is 16.2. The molecule has 0 aromatic rings. The van der Waals surface area contributed by atoms with E-state index in [0.29, 0.717) is 6.04 Å². The summed E-state index contributed by atoms with van der Waals surface area (Å²) in [5.41, 5.74) is 5.88. The third-order valence-electron chi connectivity index (χ3n) is 4.28. The lowest BCUT2D eigenvalue weighted by Gasteiger charge is -2.44. The first kappa shape index (κ1) is 11.9. The average molecular weight is 224 g/mol. The zero-order valence-electron chi connectivity index (χ0n) is 10.3. The summed E-state index contributed by atoms with van der Waals surface area (Å²) in [5, 5.41) is 0. The first-order valence-electron chi connectivity index (χ1n) is 6.80. The minimum Gasteiger partial charge on any atom is -0.338 e. The third-order valence-corrected chi connectivity index (χ3v) is 4.28. The lowest BCUT2D eigenvalue weighted by atomic mass is 9.78. The van der Waals surface area contributed by atoms with Crippen LogP contribution in [0.5, 0.6) is 0 Å². The van der Waals surface area contributed by atoms with Gasteiger partial charge in [0.1, 0.15) is 0 Å². The van der Waals surface area contributed by atoms with Gasteiger partial charge in [0.05, 0.1) is 6.04 Å². The molecule has 3 atom stereocenters. The monoisotopic (exact) mass is 224 g/mol. The molecule has 3 heteroatoms. The van der Waals surface area contributed by atoms with Gasteiger partial charge in [-0.05, 0) is 38.0 Å². The predicted octanol–water partition coefficient (Wildman–Crippen LogP) is 1.90. The molecular formula is C13H24N2O. The SMILES string of the molecule is CCC(N)C(=O)N1CCCC2CCCCC21. The van der Waals surface area contributed by atoms with Crippen molar-refractivity contribution in [2.75, 3.05) is 6.54 Å². The Morgan fingerprint density at radius 3 is 2.75 bits per heavy atom. The summed E-state index contributed by atoms with van der Waals surface area (Å²) in [4.78, 5) is 14.3. The number of piperidine rings is 1. The Labute approximate surface area is 98.4 Å². The molecule has 0 aromatic heterocycles. The van der Waals surface area contributed by atoms with E-state index in [0.717, 1.165) is 18.9 Å². The zero-order chi connectivity index (χ0) is 11.5. The lowest BCUT2D eigenvalue weighted by molar-refractivity contribution is -0.139. The highest BCUT2D eigenvalue weighted by molar-refractivity contribution is 5.82. The minimum atomic E-state index is -0.277. The predicted molar refractivity (Wildman–Crippen MR) is 65.0 cm³/mol. The largest absolute Gasteiger partial charge is 0.338 e. The van der Waals surface area contributed by atoms with Crippen molar-refractivity contribution < 1.29 is 4.79 Å². The fourth-order valence-electron chi connectivity index (χ4n) is 3.29. The second kappa shape index (κ2) is 5.17. The Bertz CT molecular complexity index is 252. The highest BCUT2D eigenvalue weighted by Gasteiger charge is 2.36. The molecule has 1 aliphatic carbocycles. The van der Waals surface area contributed by atoms with Crippen LogP contribution in [0.1, 0.15) is 51.9 Å². The summed E-state index contributed by atoms with van der Waals surface area (Å²) in [6.07, 6.45) is 8.39. The zero-order valence-corrected chi connectivity index (χ0v) is 10.3. The molecule has 1 amide bonds. The maximum atomic E-state index is 12.2. The standard InChI is InChI=1S/C13H24N2O/c1-2-11(14)13(16)15-9-5-7-10-6-3-4-8-12(10)15/h10-12H,2-9,14H2,1H3. The quantitative estimate of drug-likeness (QED) is 0.778. The van der Waals surface area contributed by atoms with Crippen LogP contribution < -0.4 is 5.73 Å². The van der Waals surface area contributed by atoms with Crippen molar-refractivity contribution in [2.24, 2.45) is 11.7 Å². The van der Waals surface area contributed by atoms with Crippen LogP contribution >= 0.6 is 0 Å². The van der Waals surface area contributed by atoms with Gasteiger partial charge in [-0.1, -0.05) is 19.8 Å². The van der Waals surface area contributed by atoms with Crippen LogP contribution in [-0.2, 0) is 4.79 Å². The van der Waals surface area contributed by atoms with Crippen LogP contribution in [-0.4, -0.2) is 29.4 Å².